The van der Waals surface area contributed by atoms with E-state index >= 15 is 0 Å². The molecule has 21 heavy (non-hydrogen) atoms. The van der Waals surface area contributed by atoms with Crippen molar-refractivity contribution in [1.29, 1.82) is 0 Å². The second-order valence-corrected chi connectivity index (χ2v) is 5.70. The first-order chi connectivity index (χ1) is 10.2. The third-order valence-electron chi connectivity index (χ3n) is 4.19. The Kier molecular flexibility index (Phi) is 3.64. The van der Waals surface area contributed by atoms with Crippen LogP contribution in [0.2, 0.25) is 0 Å². The van der Waals surface area contributed by atoms with Crippen LogP contribution in [0.4, 0.5) is 5.82 Å². The molecule has 2 heterocycles. The zero-order valence-electron chi connectivity index (χ0n) is 12.2. The SMILES string of the molecule is CC1CCN(c2cc(C(N)=NO)c3ccccc3n2)CC1. The lowest BCUT2D eigenvalue weighted by Crippen LogP contribution is -2.33. The highest BCUT2D eigenvalue weighted by Crippen LogP contribution is 2.26. The molecule has 0 aliphatic carbocycles. The highest BCUT2D eigenvalue weighted by molar-refractivity contribution is 6.08. The number of para-hydroxylation sites is 1. The topological polar surface area (TPSA) is 74.7 Å². The molecule has 1 aromatic heterocycles. The van der Waals surface area contributed by atoms with Crippen molar-refractivity contribution < 1.29 is 5.21 Å². The van der Waals surface area contributed by atoms with Gasteiger partial charge in [0.05, 0.1) is 5.52 Å². The summed E-state index contributed by atoms with van der Waals surface area (Å²) in [6.07, 6.45) is 2.35. The van der Waals surface area contributed by atoms with Gasteiger partial charge in [0.1, 0.15) is 5.82 Å². The zero-order chi connectivity index (χ0) is 14.8. The fourth-order valence-corrected chi connectivity index (χ4v) is 2.83. The molecule has 2 aromatic rings. The summed E-state index contributed by atoms with van der Waals surface area (Å²) in [6.45, 7) is 4.29. The van der Waals surface area contributed by atoms with Crippen molar-refractivity contribution in [1.82, 2.24) is 4.98 Å². The third kappa shape index (κ3) is 2.63. The fraction of sp³-hybridized carbons (Fsp3) is 0.375. The lowest BCUT2D eigenvalue weighted by molar-refractivity contribution is 0.318. The van der Waals surface area contributed by atoms with Crippen LogP contribution in [0.25, 0.3) is 10.9 Å². The first kappa shape index (κ1) is 13.7. The number of hydrogen-bond donors (Lipinski definition) is 2. The minimum Gasteiger partial charge on any atom is -0.409 e. The molecule has 0 bridgehead atoms. The Labute approximate surface area is 124 Å². The average molecular weight is 284 g/mol. The minimum absolute atomic E-state index is 0.125. The van der Waals surface area contributed by atoms with E-state index in [0.29, 0.717) is 0 Å². The van der Waals surface area contributed by atoms with Gasteiger partial charge in [0.25, 0.3) is 0 Å². The summed E-state index contributed by atoms with van der Waals surface area (Å²) < 4.78 is 0. The number of rotatable bonds is 2. The van der Waals surface area contributed by atoms with Crippen molar-refractivity contribution in [2.75, 3.05) is 18.0 Å². The summed E-state index contributed by atoms with van der Waals surface area (Å²) in [4.78, 5) is 7.01. The van der Waals surface area contributed by atoms with Crippen LogP contribution in [0, 0.1) is 5.92 Å². The highest BCUT2D eigenvalue weighted by atomic mass is 16.4. The normalized spacial score (nSPS) is 17.4. The van der Waals surface area contributed by atoms with E-state index in [4.69, 9.17) is 15.9 Å². The Morgan fingerprint density at radius 2 is 2.05 bits per heavy atom. The monoisotopic (exact) mass is 284 g/mol. The number of pyridine rings is 1. The Bertz CT molecular complexity index is 675. The van der Waals surface area contributed by atoms with E-state index in [1.807, 2.05) is 30.3 Å². The van der Waals surface area contributed by atoms with Crippen LogP contribution in [0.15, 0.2) is 35.5 Å². The summed E-state index contributed by atoms with van der Waals surface area (Å²) in [5, 5.41) is 13.1. The van der Waals surface area contributed by atoms with Crippen molar-refractivity contribution in [2.45, 2.75) is 19.8 Å². The molecule has 5 heteroatoms. The van der Waals surface area contributed by atoms with Crippen molar-refractivity contribution in [2.24, 2.45) is 16.8 Å². The molecule has 3 N–H and O–H groups in total. The number of benzene rings is 1. The Morgan fingerprint density at radius 1 is 1.33 bits per heavy atom. The summed E-state index contributed by atoms with van der Waals surface area (Å²) in [5.41, 5.74) is 7.44. The van der Waals surface area contributed by atoms with Gasteiger partial charge in [-0.2, -0.15) is 0 Å². The molecule has 0 amide bonds. The number of anilines is 1. The van der Waals surface area contributed by atoms with Gasteiger partial charge in [-0.15, -0.1) is 0 Å². The maximum Gasteiger partial charge on any atom is 0.170 e. The van der Waals surface area contributed by atoms with Crippen molar-refractivity contribution in [3.05, 3.63) is 35.9 Å². The molecule has 1 aromatic carbocycles. The molecule has 1 aliphatic rings. The van der Waals surface area contributed by atoms with E-state index in [1.165, 1.54) is 12.8 Å². The Morgan fingerprint density at radius 3 is 2.76 bits per heavy atom. The number of aromatic nitrogens is 1. The quantitative estimate of drug-likeness (QED) is 0.385. The summed E-state index contributed by atoms with van der Waals surface area (Å²) in [6, 6.07) is 9.71. The van der Waals surface area contributed by atoms with E-state index in [9.17, 15) is 0 Å². The molecular weight excluding hydrogens is 264 g/mol. The Balaban J connectivity index is 2.08. The third-order valence-corrected chi connectivity index (χ3v) is 4.19. The van der Waals surface area contributed by atoms with Gasteiger partial charge in [0, 0.05) is 24.0 Å². The van der Waals surface area contributed by atoms with Gasteiger partial charge < -0.3 is 15.8 Å². The van der Waals surface area contributed by atoms with Gasteiger partial charge in [-0.3, -0.25) is 0 Å². The smallest absolute Gasteiger partial charge is 0.170 e. The first-order valence-electron chi connectivity index (χ1n) is 7.31. The predicted molar refractivity (Wildman–Crippen MR) is 84.9 cm³/mol. The summed E-state index contributed by atoms with van der Waals surface area (Å²) >= 11 is 0. The van der Waals surface area contributed by atoms with Crippen molar-refractivity contribution in [3.8, 4) is 0 Å². The molecule has 0 radical (unpaired) electrons. The molecule has 1 fully saturated rings. The number of oxime groups is 1. The molecule has 5 nitrogen and oxygen atoms in total. The van der Waals surface area contributed by atoms with E-state index in [1.54, 1.807) is 0 Å². The first-order valence-corrected chi connectivity index (χ1v) is 7.31. The van der Waals surface area contributed by atoms with E-state index in [-0.39, 0.29) is 5.84 Å². The van der Waals surface area contributed by atoms with Gasteiger partial charge in [-0.05, 0) is 30.9 Å². The molecule has 0 saturated carbocycles. The number of piperidine rings is 1. The highest BCUT2D eigenvalue weighted by Gasteiger charge is 2.19. The van der Waals surface area contributed by atoms with Gasteiger partial charge in [0.2, 0.25) is 0 Å². The zero-order valence-corrected chi connectivity index (χ0v) is 12.2. The number of nitrogens with zero attached hydrogens (tertiary/aromatic N) is 3. The second-order valence-electron chi connectivity index (χ2n) is 5.70. The van der Waals surface area contributed by atoms with Crippen molar-refractivity contribution >= 4 is 22.6 Å². The number of fused-ring (bicyclic) bond motifs is 1. The van der Waals surface area contributed by atoms with Crippen LogP contribution in [0.1, 0.15) is 25.3 Å². The summed E-state index contributed by atoms with van der Waals surface area (Å²) in [7, 11) is 0. The second kappa shape index (κ2) is 5.60. The lowest BCUT2D eigenvalue weighted by Gasteiger charge is -2.31. The maximum atomic E-state index is 9.01. The molecular formula is C16H20N4O. The maximum absolute atomic E-state index is 9.01. The minimum atomic E-state index is 0.125. The van der Waals surface area contributed by atoms with Gasteiger partial charge in [0.15, 0.2) is 5.84 Å². The fourth-order valence-electron chi connectivity index (χ4n) is 2.83. The number of nitrogens with two attached hydrogens (primary N) is 1. The van der Waals surface area contributed by atoms with E-state index in [0.717, 1.165) is 41.3 Å². The number of amidine groups is 1. The molecule has 0 spiro atoms. The molecule has 1 aliphatic heterocycles. The largest absolute Gasteiger partial charge is 0.409 e. The van der Waals surface area contributed by atoms with E-state index in [2.05, 4.69) is 17.0 Å². The van der Waals surface area contributed by atoms with Gasteiger partial charge in [-0.1, -0.05) is 30.3 Å². The molecule has 110 valence electrons. The molecule has 0 atom stereocenters. The van der Waals surface area contributed by atoms with Crippen LogP contribution in [0.3, 0.4) is 0 Å². The van der Waals surface area contributed by atoms with Gasteiger partial charge >= 0.3 is 0 Å². The molecule has 3 rings (SSSR count). The standard InChI is InChI=1S/C16H20N4O/c1-11-6-8-20(9-7-11)15-10-13(16(17)19-21)12-4-2-3-5-14(12)18-15/h2-5,10-11,21H,6-9H2,1H3,(H2,17,19). The Hall–Kier alpha value is -2.30. The van der Waals surface area contributed by atoms with Crippen LogP contribution in [-0.4, -0.2) is 29.1 Å². The van der Waals surface area contributed by atoms with E-state index < -0.39 is 0 Å². The molecule has 1 saturated heterocycles. The molecule has 0 unspecified atom stereocenters. The lowest BCUT2D eigenvalue weighted by atomic mass is 9.99. The summed E-state index contributed by atoms with van der Waals surface area (Å²) in [5.74, 6) is 1.80. The van der Waals surface area contributed by atoms with Gasteiger partial charge in [-0.25, -0.2) is 4.98 Å². The van der Waals surface area contributed by atoms with Crippen LogP contribution < -0.4 is 10.6 Å². The number of hydrogen-bond acceptors (Lipinski definition) is 4. The average Bonchev–Trinajstić information content (AvgIpc) is 2.53. The van der Waals surface area contributed by atoms with Crippen LogP contribution in [0.5, 0.6) is 0 Å². The van der Waals surface area contributed by atoms with Crippen LogP contribution in [-0.2, 0) is 0 Å². The van der Waals surface area contributed by atoms with Crippen LogP contribution >= 0.6 is 0 Å². The predicted octanol–water partition coefficient (Wildman–Crippen LogP) is 2.57. The van der Waals surface area contributed by atoms with Crippen molar-refractivity contribution in [3.63, 3.8) is 0 Å².